The number of hydrogen-bond acceptors (Lipinski definition) is 6. The standard InChI is InChI=1S/C16H24N6O2S/c1-3-8-22-16(17-18-19-22)13-20-9-11-21(12-10-20)25(23,24)15-6-4-14(2)5-7-15/h4-7H,3,8-13H2,1-2H3. The Balaban J connectivity index is 1.61. The van der Waals surface area contributed by atoms with Gasteiger partial charge in [-0.15, -0.1) is 5.10 Å². The molecule has 0 amide bonds. The largest absolute Gasteiger partial charge is 0.293 e. The molecule has 25 heavy (non-hydrogen) atoms. The lowest BCUT2D eigenvalue weighted by Crippen LogP contribution is -2.48. The minimum absolute atomic E-state index is 0.360. The van der Waals surface area contributed by atoms with Crippen molar-refractivity contribution in [3.63, 3.8) is 0 Å². The molecule has 8 nitrogen and oxygen atoms in total. The summed E-state index contributed by atoms with van der Waals surface area (Å²) in [5.41, 5.74) is 1.05. The summed E-state index contributed by atoms with van der Waals surface area (Å²) in [6, 6.07) is 7.01. The maximum atomic E-state index is 12.7. The number of sulfonamides is 1. The molecule has 3 rings (SSSR count). The van der Waals surface area contributed by atoms with Crippen molar-refractivity contribution in [3.8, 4) is 0 Å². The van der Waals surface area contributed by atoms with Crippen molar-refractivity contribution in [2.24, 2.45) is 0 Å². The van der Waals surface area contributed by atoms with Gasteiger partial charge in [0, 0.05) is 32.7 Å². The molecule has 0 atom stereocenters. The molecule has 1 aromatic carbocycles. The Kier molecular flexibility index (Phi) is 5.45. The number of aromatic nitrogens is 4. The Bertz CT molecular complexity index is 794. The first kappa shape index (κ1) is 18.0. The second kappa shape index (κ2) is 7.59. The Labute approximate surface area is 148 Å². The SMILES string of the molecule is CCCn1nnnc1CN1CCN(S(=O)(=O)c2ccc(C)cc2)CC1. The van der Waals surface area contributed by atoms with Crippen molar-refractivity contribution < 1.29 is 8.42 Å². The molecule has 0 N–H and O–H groups in total. The molecule has 0 radical (unpaired) electrons. The number of piperazine rings is 1. The molecule has 1 aliphatic heterocycles. The van der Waals surface area contributed by atoms with Crippen molar-refractivity contribution in [2.45, 2.75) is 38.3 Å². The van der Waals surface area contributed by atoms with E-state index in [1.165, 1.54) is 0 Å². The van der Waals surface area contributed by atoms with Crippen LogP contribution in [0.2, 0.25) is 0 Å². The Morgan fingerprint density at radius 1 is 1.08 bits per heavy atom. The highest BCUT2D eigenvalue weighted by Gasteiger charge is 2.28. The van der Waals surface area contributed by atoms with Gasteiger partial charge in [-0.05, 0) is 35.9 Å². The second-order valence-corrected chi connectivity index (χ2v) is 8.25. The zero-order chi connectivity index (χ0) is 17.9. The maximum Gasteiger partial charge on any atom is 0.243 e. The summed E-state index contributed by atoms with van der Waals surface area (Å²) >= 11 is 0. The minimum atomic E-state index is -3.42. The van der Waals surface area contributed by atoms with Crippen LogP contribution in [0.3, 0.4) is 0 Å². The van der Waals surface area contributed by atoms with Crippen LogP contribution < -0.4 is 0 Å². The van der Waals surface area contributed by atoms with Crippen molar-refractivity contribution in [2.75, 3.05) is 26.2 Å². The maximum absolute atomic E-state index is 12.7. The van der Waals surface area contributed by atoms with Gasteiger partial charge in [0.25, 0.3) is 0 Å². The third-order valence-corrected chi connectivity index (χ3v) is 6.31. The van der Waals surface area contributed by atoms with E-state index in [0.717, 1.165) is 24.4 Å². The van der Waals surface area contributed by atoms with Gasteiger partial charge < -0.3 is 0 Å². The zero-order valence-corrected chi connectivity index (χ0v) is 15.5. The van der Waals surface area contributed by atoms with Crippen LogP contribution in [-0.2, 0) is 23.1 Å². The van der Waals surface area contributed by atoms with Gasteiger partial charge in [0.2, 0.25) is 10.0 Å². The Hall–Kier alpha value is -1.84. The second-order valence-electron chi connectivity index (χ2n) is 6.31. The lowest BCUT2D eigenvalue weighted by Gasteiger charge is -2.33. The number of tetrazole rings is 1. The number of aryl methyl sites for hydroxylation is 2. The lowest BCUT2D eigenvalue weighted by molar-refractivity contribution is 0.175. The normalized spacial score (nSPS) is 17.0. The summed E-state index contributed by atoms with van der Waals surface area (Å²) in [7, 11) is -3.42. The van der Waals surface area contributed by atoms with Crippen LogP contribution >= 0.6 is 0 Å². The predicted molar refractivity (Wildman–Crippen MR) is 93.3 cm³/mol. The van der Waals surface area contributed by atoms with E-state index in [9.17, 15) is 8.42 Å². The van der Waals surface area contributed by atoms with E-state index in [1.54, 1.807) is 16.4 Å². The van der Waals surface area contributed by atoms with Crippen LogP contribution in [0.4, 0.5) is 0 Å². The van der Waals surface area contributed by atoms with E-state index in [-0.39, 0.29) is 0 Å². The fourth-order valence-electron chi connectivity index (χ4n) is 2.91. The van der Waals surface area contributed by atoms with Crippen molar-refractivity contribution in [3.05, 3.63) is 35.7 Å². The van der Waals surface area contributed by atoms with Gasteiger partial charge in [0.1, 0.15) is 0 Å². The lowest BCUT2D eigenvalue weighted by atomic mass is 10.2. The van der Waals surface area contributed by atoms with E-state index in [0.29, 0.717) is 37.6 Å². The number of benzene rings is 1. The first-order chi connectivity index (χ1) is 12.0. The molecule has 136 valence electrons. The quantitative estimate of drug-likeness (QED) is 0.757. The van der Waals surface area contributed by atoms with Crippen molar-refractivity contribution in [1.29, 1.82) is 0 Å². The molecular formula is C16H24N6O2S. The number of rotatable bonds is 6. The summed E-state index contributed by atoms with van der Waals surface area (Å²) in [4.78, 5) is 2.55. The zero-order valence-electron chi connectivity index (χ0n) is 14.7. The summed E-state index contributed by atoms with van der Waals surface area (Å²) < 4.78 is 28.8. The van der Waals surface area contributed by atoms with Crippen LogP contribution in [0.25, 0.3) is 0 Å². The Morgan fingerprint density at radius 3 is 2.40 bits per heavy atom. The first-order valence-corrected chi connectivity index (χ1v) is 9.99. The molecule has 9 heteroatoms. The summed E-state index contributed by atoms with van der Waals surface area (Å²) in [5, 5.41) is 11.8. The summed E-state index contributed by atoms with van der Waals surface area (Å²) in [6.45, 7) is 7.77. The molecule has 1 aliphatic rings. The highest BCUT2D eigenvalue weighted by atomic mass is 32.2. The highest BCUT2D eigenvalue weighted by molar-refractivity contribution is 7.89. The molecule has 1 saturated heterocycles. The fraction of sp³-hybridized carbons (Fsp3) is 0.562. The molecule has 0 aliphatic carbocycles. The van der Waals surface area contributed by atoms with Crippen molar-refractivity contribution >= 4 is 10.0 Å². The van der Waals surface area contributed by atoms with Crippen LogP contribution in [0.1, 0.15) is 24.7 Å². The monoisotopic (exact) mass is 364 g/mol. The van der Waals surface area contributed by atoms with Gasteiger partial charge in [-0.3, -0.25) is 4.90 Å². The molecular weight excluding hydrogens is 340 g/mol. The number of hydrogen-bond donors (Lipinski definition) is 0. The van der Waals surface area contributed by atoms with Gasteiger partial charge in [-0.25, -0.2) is 13.1 Å². The average molecular weight is 364 g/mol. The molecule has 1 fully saturated rings. The molecule has 2 aromatic rings. The molecule has 0 bridgehead atoms. The molecule has 0 unspecified atom stereocenters. The van der Waals surface area contributed by atoms with Gasteiger partial charge >= 0.3 is 0 Å². The van der Waals surface area contributed by atoms with Gasteiger partial charge in [-0.1, -0.05) is 24.6 Å². The number of nitrogens with zero attached hydrogens (tertiary/aromatic N) is 6. The van der Waals surface area contributed by atoms with E-state index >= 15 is 0 Å². The van der Waals surface area contributed by atoms with Crippen molar-refractivity contribution in [1.82, 2.24) is 29.4 Å². The summed E-state index contributed by atoms with van der Waals surface area (Å²) in [5.74, 6) is 0.830. The van der Waals surface area contributed by atoms with E-state index < -0.39 is 10.0 Å². The molecule has 0 saturated carbocycles. The Morgan fingerprint density at radius 2 is 1.76 bits per heavy atom. The van der Waals surface area contributed by atoms with E-state index in [4.69, 9.17) is 0 Å². The predicted octanol–water partition coefficient (Wildman–Crippen LogP) is 0.898. The van der Waals surface area contributed by atoms with E-state index in [2.05, 4.69) is 27.3 Å². The fourth-order valence-corrected chi connectivity index (χ4v) is 4.33. The topological polar surface area (TPSA) is 84.2 Å². The summed E-state index contributed by atoms with van der Waals surface area (Å²) in [6.07, 6.45) is 0.973. The smallest absolute Gasteiger partial charge is 0.243 e. The van der Waals surface area contributed by atoms with Crippen LogP contribution in [0.15, 0.2) is 29.2 Å². The minimum Gasteiger partial charge on any atom is -0.293 e. The third kappa shape index (κ3) is 4.05. The van der Waals surface area contributed by atoms with Crippen LogP contribution in [0.5, 0.6) is 0 Å². The van der Waals surface area contributed by atoms with Gasteiger partial charge in [0.05, 0.1) is 11.4 Å². The third-order valence-electron chi connectivity index (χ3n) is 4.40. The molecule has 1 aromatic heterocycles. The molecule has 2 heterocycles. The van der Waals surface area contributed by atoms with Gasteiger partial charge in [-0.2, -0.15) is 4.31 Å². The highest BCUT2D eigenvalue weighted by Crippen LogP contribution is 2.18. The average Bonchev–Trinajstić information content (AvgIpc) is 3.03. The van der Waals surface area contributed by atoms with Gasteiger partial charge in [0.15, 0.2) is 5.82 Å². The first-order valence-electron chi connectivity index (χ1n) is 8.55. The van der Waals surface area contributed by atoms with Crippen LogP contribution in [0, 0.1) is 6.92 Å². The van der Waals surface area contributed by atoms with Crippen LogP contribution in [-0.4, -0.2) is 64.0 Å². The van der Waals surface area contributed by atoms with E-state index in [1.807, 2.05) is 23.7 Å². The molecule has 0 spiro atoms.